The van der Waals surface area contributed by atoms with Gasteiger partial charge in [0.2, 0.25) is 0 Å². The predicted molar refractivity (Wildman–Crippen MR) is 75.7 cm³/mol. The zero-order chi connectivity index (χ0) is 15.6. The Labute approximate surface area is 121 Å². The molecular weight excluding hydrogens is 298 g/mol. The lowest BCUT2D eigenvalue weighted by Gasteiger charge is -2.16. The molecule has 0 fully saturated rings. The average Bonchev–Trinajstić information content (AvgIpc) is 2.38. The Bertz CT molecular complexity index is 746. The van der Waals surface area contributed by atoms with E-state index in [2.05, 4.69) is 10.3 Å². The molecule has 0 spiro atoms. The Kier molecular flexibility index (Phi) is 4.22. The van der Waals surface area contributed by atoms with E-state index in [1.54, 1.807) is 13.0 Å². The van der Waals surface area contributed by atoms with Crippen LogP contribution >= 0.6 is 0 Å². The van der Waals surface area contributed by atoms with E-state index in [0.717, 1.165) is 12.3 Å². The zero-order valence-electron chi connectivity index (χ0n) is 11.5. The summed E-state index contributed by atoms with van der Waals surface area (Å²) in [5.74, 6) is -1.28. The van der Waals surface area contributed by atoms with E-state index in [0.29, 0.717) is 11.3 Å². The minimum Gasteiger partial charge on any atom is -0.377 e. The van der Waals surface area contributed by atoms with Crippen molar-refractivity contribution in [2.75, 3.05) is 11.6 Å². The standard InChI is InChI=1S/C14H14F2N2O2S/c1-9(12-5-3-10(15)7-13(12)16)18-11-4-6-14(17-8-11)21(2,19)20/h3-9,18H,1-2H3. The number of hydrogen-bond donors (Lipinski definition) is 1. The molecule has 0 saturated carbocycles. The van der Waals surface area contributed by atoms with Gasteiger partial charge >= 0.3 is 0 Å². The van der Waals surface area contributed by atoms with Gasteiger partial charge in [0.25, 0.3) is 0 Å². The molecule has 7 heteroatoms. The largest absolute Gasteiger partial charge is 0.377 e. The summed E-state index contributed by atoms with van der Waals surface area (Å²) in [5, 5.41) is 2.94. The maximum atomic E-state index is 13.6. The van der Waals surface area contributed by atoms with Gasteiger partial charge < -0.3 is 5.32 Å². The van der Waals surface area contributed by atoms with Crippen LogP contribution < -0.4 is 5.32 Å². The molecule has 0 amide bonds. The van der Waals surface area contributed by atoms with E-state index in [1.807, 2.05) is 0 Å². The smallest absolute Gasteiger partial charge is 0.192 e. The highest BCUT2D eigenvalue weighted by atomic mass is 32.2. The highest BCUT2D eigenvalue weighted by Crippen LogP contribution is 2.22. The molecule has 21 heavy (non-hydrogen) atoms. The third-order valence-electron chi connectivity index (χ3n) is 2.93. The van der Waals surface area contributed by atoms with Gasteiger partial charge in [0.15, 0.2) is 14.9 Å². The van der Waals surface area contributed by atoms with Crippen LogP contribution in [0.4, 0.5) is 14.5 Å². The second kappa shape index (κ2) is 5.77. The first kappa shape index (κ1) is 15.4. The Balaban J connectivity index is 2.18. The fourth-order valence-corrected chi connectivity index (χ4v) is 2.42. The molecule has 0 aliphatic carbocycles. The number of benzene rings is 1. The summed E-state index contributed by atoms with van der Waals surface area (Å²) in [5.41, 5.74) is 0.849. The summed E-state index contributed by atoms with van der Waals surface area (Å²) in [6.45, 7) is 1.71. The molecule has 1 unspecified atom stereocenters. The maximum absolute atomic E-state index is 13.6. The average molecular weight is 312 g/mol. The van der Waals surface area contributed by atoms with E-state index in [1.165, 1.54) is 24.4 Å². The van der Waals surface area contributed by atoms with Crippen molar-refractivity contribution in [1.82, 2.24) is 4.98 Å². The fraction of sp³-hybridized carbons (Fsp3) is 0.214. The zero-order valence-corrected chi connectivity index (χ0v) is 12.3. The summed E-state index contributed by atoms with van der Waals surface area (Å²) in [4.78, 5) is 3.83. The molecule has 0 radical (unpaired) electrons. The van der Waals surface area contributed by atoms with E-state index in [4.69, 9.17) is 0 Å². The lowest BCUT2D eigenvalue weighted by molar-refractivity contribution is 0.566. The van der Waals surface area contributed by atoms with Gasteiger partial charge in [0.1, 0.15) is 11.6 Å². The summed E-state index contributed by atoms with van der Waals surface area (Å²) >= 11 is 0. The van der Waals surface area contributed by atoms with E-state index < -0.39 is 27.5 Å². The molecule has 0 aliphatic heterocycles. The summed E-state index contributed by atoms with van der Waals surface area (Å²) in [7, 11) is -3.35. The maximum Gasteiger partial charge on any atom is 0.192 e. The van der Waals surface area contributed by atoms with Crippen molar-refractivity contribution >= 4 is 15.5 Å². The Morgan fingerprint density at radius 3 is 2.43 bits per heavy atom. The molecule has 0 bridgehead atoms. The van der Waals surface area contributed by atoms with Gasteiger partial charge in [-0.2, -0.15) is 0 Å². The third-order valence-corrected chi connectivity index (χ3v) is 3.93. The van der Waals surface area contributed by atoms with Crippen LogP contribution in [0.1, 0.15) is 18.5 Å². The molecule has 0 aliphatic rings. The van der Waals surface area contributed by atoms with Crippen LogP contribution in [-0.4, -0.2) is 19.7 Å². The number of sulfone groups is 1. The highest BCUT2D eigenvalue weighted by molar-refractivity contribution is 7.90. The number of aromatic nitrogens is 1. The highest BCUT2D eigenvalue weighted by Gasteiger charge is 2.13. The van der Waals surface area contributed by atoms with Crippen LogP contribution in [0.2, 0.25) is 0 Å². The Morgan fingerprint density at radius 2 is 1.90 bits per heavy atom. The van der Waals surface area contributed by atoms with Crippen LogP contribution in [0.25, 0.3) is 0 Å². The van der Waals surface area contributed by atoms with E-state index in [9.17, 15) is 17.2 Å². The van der Waals surface area contributed by atoms with Crippen molar-refractivity contribution in [3.05, 3.63) is 53.7 Å². The fourth-order valence-electron chi connectivity index (χ4n) is 1.87. The van der Waals surface area contributed by atoms with Gasteiger partial charge in [0.05, 0.1) is 17.9 Å². The Hall–Kier alpha value is -2.02. The summed E-state index contributed by atoms with van der Waals surface area (Å²) in [6.07, 6.45) is 2.42. The van der Waals surface area contributed by atoms with Crippen LogP contribution in [-0.2, 0) is 9.84 Å². The predicted octanol–water partition coefficient (Wildman–Crippen LogP) is 2.94. The second-order valence-electron chi connectivity index (χ2n) is 4.69. The number of anilines is 1. The monoisotopic (exact) mass is 312 g/mol. The second-order valence-corrected chi connectivity index (χ2v) is 6.65. The van der Waals surface area contributed by atoms with E-state index in [-0.39, 0.29) is 5.03 Å². The summed E-state index contributed by atoms with van der Waals surface area (Å²) in [6, 6.07) is 5.85. The minimum atomic E-state index is -3.35. The molecule has 2 aromatic rings. The third kappa shape index (κ3) is 3.75. The molecule has 0 saturated heterocycles. The van der Waals surface area contributed by atoms with Gasteiger partial charge in [-0.3, -0.25) is 0 Å². The van der Waals surface area contributed by atoms with Crippen molar-refractivity contribution in [3.8, 4) is 0 Å². The number of rotatable bonds is 4. The van der Waals surface area contributed by atoms with Crippen LogP contribution in [0.5, 0.6) is 0 Å². The SMILES string of the molecule is CC(Nc1ccc(S(C)(=O)=O)nc1)c1ccc(F)cc1F. The van der Waals surface area contributed by atoms with Crippen molar-refractivity contribution in [2.24, 2.45) is 0 Å². The van der Waals surface area contributed by atoms with Gasteiger partial charge in [0, 0.05) is 17.9 Å². The lowest BCUT2D eigenvalue weighted by atomic mass is 10.1. The lowest BCUT2D eigenvalue weighted by Crippen LogP contribution is -2.09. The number of nitrogens with one attached hydrogen (secondary N) is 1. The first-order valence-corrected chi connectivity index (χ1v) is 8.04. The van der Waals surface area contributed by atoms with Crippen molar-refractivity contribution in [2.45, 2.75) is 18.0 Å². The molecule has 1 atom stereocenters. The first-order valence-electron chi connectivity index (χ1n) is 6.15. The van der Waals surface area contributed by atoms with Crippen molar-refractivity contribution in [1.29, 1.82) is 0 Å². The van der Waals surface area contributed by atoms with Crippen molar-refractivity contribution < 1.29 is 17.2 Å². The van der Waals surface area contributed by atoms with Gasteiger partial charge in [-0.1, -0.05) is 6.07 Å². The van der Waals surface area contributed by atoms with Crippen molar-refractivity contribution in [3.63, 3.8) is 0 Å². The molecule has 1 aromatic heterocycles. The number of nitrogens with zero attached hydrogens (tertiary/aromatic N) is 1. The quantitative estimate of drug-likeness (QED) is 0.943. The Morgan fingerprint density at radius 1 is 1.19 bits per heavy atom. The molecular formula is C14H14F2N2O2S. The topological polar surface area (TPSA) is 59.1 Å². The first-order chi connectivity index (χ1) is 9.77. The van der Waals surface area contributed by atoms with Crippen LogP contribution in [0.3, 0.4) is 0 Å². The van der Waals surface area contributed by atoms with Gasteiger partial charge in [-0.05, 0) is 25.1 Å². The van der Waals surface area contributed by atoms with Gasteiger partial charge in [-0.25, -0.2) is 22.2 Å². The number of hydrogen-bond acceptors (Lipinski definition) is 4. The van der Waals surface area contributed by atoms with Crippen LogP contribution in [0.15, 0.2) is 41.6 Å². The summed E-state index contributed by atoms with van der Waals surface area (Å²) < 4.78 is 49.1. The normalized spacial score (nSPS) is 13.0. The number of halogens is 2. The molecule has 112 valence electrons. The number of pyridine rings is 1. The molecule has 1 N–H and O–H groups in total. The van der Waals surface area contributed by atoms with Gasteiger partial charge in [-0.15, -0.1) is 0 Å². The molecule has 2 rings (SSSR count). The van der Waals surface area contributed by atoms with Crippen LogP contribution in [0, 0.1) is 11.6 Å². The molecule has 1 aromatic carbocycles. The molecule has 1 heterocycles. The molecule has 4 nitrogen and oxygen atoms in total. The van der Waals surface area contributed by atoms with E-state index >= 15 is 0 Å². The minimum absolute atomic E-state index is 0.0336.